The number of nitrogens with zero attached hydrogens (tertiary/aromatic N) is 1. The Kier molecular flexibility index (Phi) is 5.96. The van der Waals surface area contributed by atoms with Crippen LogP contribution < -0.4 is 9.64 Å². The monoisotopic (exact) mass is 449 g/mol. The van der Waals surface area contributed by atoms with E-state index in [0.717, 1.165) is 17.0 Å². The van der Waals surface area contributed by atoms with E-state index in [9.17, 15) is 23.5 Å². The minimum Gasteiger partial charge on any atom is -0.507 e. The van der Waals surface area contributed by atoms with E-state index in [1.807, 2.05) is 13.8 Å². The van der Waals surface area contributed by atoms with Gasteiger partial charge >= 0.3 is 0 Å². The maximum absolute atomic E-state index is 14.0. The number of aliphatic hydroxyl groups is 1. The number of carbonyl (C=O) groups is 2. The summed E-state index contributed by atoms with van der Waals surface area (Å²) < 4.78 is 33.1. The molecule has 0 spiro atoms. The average molecular weight is 449 g/mol. The minimum absolute atomic E-state index is 0.00424. The third-order valence-electron chi connectivity index (χ3n) is 5.24. The van der Waals surface area contributed by atoms with Crippen LogP contribution in [0, 0.1) is 11.6 Å². The molecule has 4 rings (SSSR count). The van der Waals surface area contributed by atoms with Crippen molar-refractivity contribution in [2.75, 3.05) is 4.90 Å². The predicted octanol–water partition coefficient (Wildman–Crippen LogP) is 5.38. The number of halogens is 2. The average Bonchev–Trinajstić information content (AvgIpc) is 3.06. The molecule has 1 aliphatic heterocycles. The summed E-state index contributed by atoms with van der Waals surface area (Å²) in [6, 6.07) is 17.0. The molecule has 168 valence electrons. The Morgan fingerprint density at radius 3 is 2.21 bits per heavy atom. The molecular formula is C26H21F2NO4. The zero-order valence-corrected chi connectivity index (χ0v) is 18.0. The summed E-state index contributed by atoms with van der Waals surface area (Å²) in [5.41, 5.74) is 0.705. The molecule has 0 radical (unpaired) electrons. The molecule has 3 aromatic rings. The quantitative estimate of drug-likeness (QED) is 0.323. The molecule has 1 N–H and O–H groups in total. The molecule has 1 heterocycles. The van der Waals surface area contributed by atoms with Gasteiger partial charge in [0.15, 0.2) is 11.6 Å². The topological polar surface area (TPSA) is 66.8 Å². The number of Topliss-reactive ketones (excluding diaryl/α,β-unsaturated/α-hetero) is 1. The van der Waals surface area contributed by atoms with E-state index in [-0.39, 0.29) is 23.1 Å². The Bertz CT molecular complexity index is 1240. The maximum Gasteiger partial charge on any atom is 0.300 e. The summed E-state index contributed by atoms with van der Waals surface area (Å²) in [7, 11) is 0. The third-order valence-corrected chi connectivity index (χ3v) is 5.24. The van der Waals surface area contributed by atoms with Crippen LogP contribution in [0.1, 0.15) is 31.0 Å². The predicted molar refractivity (Wildman–Crippen MR) is 120 cm³/mol. The maximum atomic E-state index is 14.0. The molecular weight excluding hydrogens is 428 g/mol. The number of aliphatic hydroxyl groups excluding tert-OH is 1. The van der Waals surface area contributed by atoms with Crippen LogP contribution in [-0.4, -0.2) is 22.9 Å². The molecule has 1 amide bonds. The second-order valence-corrected chi connectivity index (χ2v) is 7.87. The van der Waals surface area contributed by atoms with Crippen molar-refractivity contribution in [3.8, 4) is 5.75 Å². The molecule has 0 saturated carbocycles. The van der Waals surface area contributed by atoms with Crippen LogP contribution in [0.15, 0.2) is 78.4 Å². The summed E-state index contributed by atoms with van der Waals surface area (Å²) in [4.78, 5) is 27.1. The van der Waals surface area contributed by atoms with Crippen molar-refractivity contribution in [2.24, 2.45) is 0 Å². The van der Waals surface area contributed by atoms with Crippen molar-refractivity contribution in [1.82, 2.24) is 0 Å². The smallest absolute Gasteiger partial charge is 0.300 e. The number of hydrogen-bond donors (Lipinski definition) is 1. The Balaban J connectivity index is 1.86. The molecule has 1 aliphatic rings. The molecule has 3 aromatic carbocycles. The van der Waals surface area contributed by atoms with Gasteiger partial charge in [-0.05, 0) is 55.8 Å². The first-order valence-electron chi connectivity index (χ1n) is 10.4. The summed E-state index contributed by atoms with van der Waals surface area (Å²) in [6.45, 7) is 3.76. The summed E-state index contributed by atoms with van der Waals surface area (Å²) in [6.07, 6.45) is -0.0380. The highest BCUT2D eigenvalue weighted by molar-refractivity contribution is 6.51. The van der Waals surface area contributed by atoms with Gasteiger partial charge in [0, 0.05) is 17.3 Å². The molecule has 1 unspecified atom stereocenters. The molecule has 0 aliphatic carbocycles. The number of ketones is 1. The van der Waals surface area contributed by atoms with Gasteiger partial charge < -0.3 is 9.84 Å². The Hall–Kier alpha value is -4.00. The zero-order valence-electron chi connectivity index (χ0n) is 18.0. The number of anilines is 1. The van der Waals surface area contributed by atoms with E-state index in [2.05, 4.69) is 0 Å². The van der Waals surface area contributed by atoms with E-state index in [1.165, 1.54) is 6.07 Å². The fraction of sp³-hybridized carbons (Fsp3) is 0.154. The molecule has 1 saturated heterocycles. The first kappa shape index (κ1) is 22.2. The highest BCUT2D eigenvalue weighted by Gasteiger charge is 2.47. The van der Waals surface area contributed by atoms with Crippen molar-refractivity contribution < 1.29 is 28.2 Å². The van der Waals surface area contributed by atoms with E-state index < -0.39 is 29.4 Å². The summed E-state index contributed by atoms with van der Waals surface area (Å²) in [5, 5.41) is 11.1. The van der Waals surface area contributed by atoms with E-state index in [0.29, 0.717) is 16.9 Å². The first-order chi connectivity index (χ1) is 15.8. The standard InChI is InChI=1S/C26H21F2NO4/c1-15(2)33-19-11-8-17(9-12-19)24(30)22-23(16-6-4-3-5-7-16)29(26(32)25(22)31)18-10-13-20(27)21(28)14-18/h3-15,23,30H,1-2H3/b24-22+. The van der Waals surface area contributed by atoms with Gasteiger partial charge in [-0.25, -0.2) is 8.78 Å². The number of benzene rings is 3. The van der Waals surface area contributed by atoms with Gasteiger partial charge in [0.05, 0.1) is 17.7 Å². The fourth-order valence-electron chi connectivity index (χ4n) is 3.80. The fourth-order valence-corrected chi connectivity index (χ4v) is 3.80. The van der Waals surface area contributed by atoms with Gasteiger partial charge in [0.25, 0.3) is 11.7 Å². The molecule has 5 nitrogen and oxygen atoms in total. The van der Waals surface area contributed by atoms with Crippen molar-refractivity contribution >= 4 is 23.1 Å². The lowest BCUT2D eigenvalue weighted by Crippen LogP contribution is -2.29. The second kappa shape index (κ2) is 8.86. The van der Waals surface area contributed by atoms with Crippen LogP contribution in [0.4, 0.5) is 14.5 Å². The summed E-state index contributed by atoms with van der Waals surface area (Å²) in [5.74, 6) is -3.88. The summed E-state index contributed by atoms with van der Waals surface area (Å²) >= 11 is 0. The Morgan fingerprint density at radius 1 is 0.939 bits per heavy atom. The molecule has 1 fully saturated rings. The van der Waals surface area contributed by atoms with Crippen LogP contribution in [0.25, 0.3) is 5.76 Å². The van der Waals surface area contributed by atoms with Crippen LogP contribution in [-0.2, 0) is 9.59 Å². The third kappa shape index (κ3) is 4.22. The second-order valence-electron chi connectivity index (χ2n) is 7.87. The lowest BCUT2D eigenvalue weighted by molar-refractivity contribution is -0.132. The SMILES string of the molecule is CC(C)Oc1ccc(/C(O)=C2\C(=O)C(=O)N(c3ccc(F)c(F)c3)C2c2ccccc2)cc1. The van der Waals surface area contributed by atoms with Crippen molar-refractivity contribution in [1.29, 1.82) is 0 Å². The highest BCUT2D eigenvalue weighted by Crippen LogP contribution is 2.42. The zero-order chi connectivity index (χ0) is 23.7. The number of rotatable bonds is 5. The molecule has 1 atom stereocenters. The lowest BCUT2D eigenvalue weighted by atomic mass is 9.95. The molecule has 0 aromatic heterocycles. The molecule has 33 heavy (non-hydrogen) atoms. The van der Waals surface area contributed by atoms with Crippen molar-refractivity contribution in [3.63, 3.8) is 0 Å². The van der Waals surface area contributed by atoms with Gasteiger partial charge in [0.2, 0.25) is 0 Å². The number of hydrogen-bond acceptors (Lipinski definition) is 4. The van der Waals surface area contributed by atoms with Gasteiger partial charge in [-0.3, -0.25) is 14.5 Å². The van der Waals surface area contributed by atoms with Gasteiger partial charge in [-0.15, -0.1) is 0 Å². The Morgan fingerprint density at radius 2 is 1.61 bits per heavy atom. The minimum atomic E-state index is -1.15. The number of ether oxygens (including phenoxy) is 1. The highest BCUT2D eigenvalue weighted by atomic mass is 19.2. The van der Waals surface area contributed by atoms with Gasteiger partial charge in [0.1, 0.15) is 11.5 Å². The van der Waals surface area contributed by atoms with Crippen LogP contribution in [0.3, 0.4) is 0 Å². The Labute approximate surface area is 189 Å². The lowest BCUT2D eigenvalue weighted by Gasteiger charge is -2.25. The first-order valence-corrected chi connectivity index (χ1v) is 10.4. The van der Waals surface area contributed by atoms with E-state index in [4.69, 9.17) is 4.74 Å². The van der Waals surface area contributed by atoms with Crippen LogP contribution in [0.2, 0.25) is 0 Å². The van der Waals surface area contributed by atoms with Gasteiger partial charge in [-0.1, -0.05) is 30.3 Å². The van der Waals surface area contributed by atoms with Crippen molar-refractivity contribution in [3.05, 3.63) is 101 Å². The number of amides is 1. The van der Waals surface area contributed by atoms with Crippen LogP contribution >= 0.6 is 0 Å². The molecule has 0 bridgehead atoms. The van der Waals surface area contributed by atoms with E-state index >= 15 is 0 Å². The van der Waals surface area contributed by atoms with E-state index in [1.54, 1.807) is 54.6 Å². The largest absolute Gasteiger partial charge is 0.507 e. The van der Waals surface area contributed by atoms with Crippen molar-refractivity contribution in [2.45, 2.75) is 26.0 Å². The van der Waals surface area contributed by atoms with Crippen LogP contribution in [0.5, 0.6) is 5.75 Å². The normalized spacial score (nSPS) is 17.6. The molecule has 7 heteroatoms. The number of carbonyl (C=O) groups excluding carboxylic acids is 2. The van der Waals surface area contributed by atoms with Gasteiger partial charge in [-0.2, -0.15) is 0 Å².